The molecule has 2 atom stereocenters. The molecule has 1 aromatic rings. The summed E-state index contributed by atoms with van der Waals surface area (Å²) in [6.07, 6.45) is 1.62. The van der Waals surface area contributed by atoms with Crippen LogP contribution in [0.4, 0.5) is 16.2 Å². The van der Waals surface area contributed by atoms with Crippen molar-refractivity contribution in [3.8, 4) is 0 Å². The molecule has 0 aromatic heterocycles. The molecule has 0 spiro atoms. The van der Waals surface area contributed by atoms with Crippen LogP contribution in [0.3, 0.4) is 0 Å². The van der Waals surface area contributed by atoms with Crippen LogP contribution >= 0.6 is 0 Å². The molecule has 2 heterocycles. The van der Waals surface area contributed by atoms with E-state index >= 15 is 0 Å². The largest absolute Gasteiger partial charge is 0.446 e. The van der Waals surface area contributed by atoms with E-state index < -0.39 is 0 Å². The third kappa shape index (κ3) is 5.56. The number of hydrogen-bond donors (Lipinski definition) is 3. The van der Waals surface area contributed by atoms with Crippen molar-refractivity contribution in [1.82, 2.24) is 10.6 Å². The minimum atomic E-state index is -0.388. The molecule has 31 heavy (non-hydrogen) atoms. The summed E-state index contributed by atoms with van der Waals surface area (Å²) in [6, 6.07) is 6.33. The molecule has 2 amide bonds. The fourth-order valence-electron chi connectivity index (χ4n) is 4.49. The SMILES string of the molecule is CC(=O)N1c2ccc(C(CN)CNC3CCNCC3)cc2N(C(=O)OC(C)C)C[C@@H]1C. The van der Waals surface area contributed by atoms with E-state index in [1.807, 2.05) is 39.0 Å². The zero-order valence-electron chi connectivity index (χ0n) is 19.2. The Morgan fingerprint density at radius 2 is 1.97 bits per heavy atom. The average Bonchev–Trinajstić information content (AvgIpc) is 2.73. The second-order valence-corrected chi connectivity index (χ2v) is 8.89. The van der Waals surface area contributed by atoms with Crippen molar-refractivity contribution in [2.45, 2.75) is 64.6 Å². The summed E-state index contributed by atoms with van der Waals surface area (Å²) >= 11 is 0. The van der Waals surface area contributed by atoms with Crippen molar-refractivity contribution in [2.75, 3.05) is 42.5 Å². The molecule has 0 aliphatic carbocycles. The first kappa shape index (κ1) is 23.5. The van der Waals surface area contributed by atoms with Gasteiger partial charge in [-0.25, -0.2) is 4.79 Å². The van der Waals surface area contributed by atoms with E-state index in [1.165, 1.54) is 0 Å². The number of ether oxygens (including phenoxy) is 1. The van der Waals surface area contributed by atoms with Gasteiger partial charge in [-0.3, -0.25) is 9.69 Å². The lowest BCUT2D eigenvalue weighted by Crippen LogP contribution is -2.51. The summed E-state index contributed by atoms with van der Waals surface area (Å²) in [7, 11) is 0. The van der Waals surface area contributed by atoms with Crippen LogP contribution in [0.1, 0.15) is 52.0 Å². The lowest BCUT2D eigenvalue weighted by molar-refractivity contribution is -0.117. The van der Waals surface area contributed by atoms with Crippen LogP contribution in [0.15, 0.2) is 18.2 Å². The van der Waals surface area contributed by atoms with Crippen LogP contribution in [0, 0.1) is 0 Å². The molecule has 0 saturated carbocycles. The van der Waals surface area contributed by atoms with Crippen molar-refractivity contribution in [3.63, 3.8) is 0 Å². The van der Waals surface area contributed by atoms with E-state index in [4.69, 9.17) is 10.5 Å². The molecule has 1 unspecified atom stereocenters. The summed E-state index contributed by atoms with van der Waals surface area (Å²) in [4.78, 5) is 28.6. The van der Waals surface area contributed by atoms with Crippen molar-refractivity contribution in [2.24, 2.45) is 5.73 Å². The highest BCUT2D eigenvalue weighted by atomic mass is 16.6. The van der Waals surface area contributed by atoms with Gasteiger partial charge in [0.25, 0.3) is 0 Å². The van der Waals surface area contributed by atoms with Crippen LogP contribution in [0.25, 0.3) is 0 Å². The quantitative estimate of drug-likeness (QED) is 0.638. The number of benzene rings is 1. The Balaban J connectivity index is 1.88. The number of rotatable bonds is 6. The smallest absolute Gasteiger partial charge is 0.414 e. The molecule has 8 nitrogen and oxygen atoms in total. The van der Waals surface area contributed by atoms with E-state index in [2.05, 4.69) is 10.6 Å². The van der Waals surface area contributed by atoms with Crippen LogP contribution < -0.4 is 26.2 Å². The minimum Gasteiger partial charge on any atom is -0.446 e. The Bertz CT molecular complexity index is 778. The second kappa shape index (κ2) is 10.4. The topological polar surface area (TPSA) is 99.9 Å². The van der Waals surface area contributed by atoms with Crippen molar-refractivity contribution < 1.29 is 14.3 Å². The van der Waals surface area contributed by atoms with Gasteiger partial charge in [0.1, 0.15) is 0 Å². The van der Waals surface area contributed by atoms with E-state index in [0.29, 0.717) is 24.8 Å². The second-order valence-electron chi connectivity index (χ2n) is 8.89. The predicted molar refractivity (Wildman–Crippen MR) is 124 cm³/mol. The lowest BCUT2D eigenvalue weighted by atomic mass is 9.95. The highest BCUT2D eigenvalue weighted by Gasteiger charge is 2.35. The van der Waals surface area contributed by atoms with Gasteiger partial charge in [0, 0.05) is 38.5 Å². The number of piperidine rings is 1. The van der Waals surface area contributed by atoms with Gasteiger partial charge in [0.2, 0.25) is 5.91 Å². The minimum absolute atomic E-state index is 0.0404. The zero-order chi connectivity index (χ0) is 22.5. The van der Waals surface area contributed by atoms with Gasteiger partial charge in [-0.15, -0.1) is 0 Å². The number of nitrogens with two attached hydrogens (primary N) is 1. The maximum absolute atomic E-state index is 12.8. The van der Waals surface area contributed by atoms with Gasteiger partial charge < -0.3 is 26.0 Å². The number of nitrogens with zero attached hydrogens (tertiary/aromatic N) is 2. The monoisotopic (exact) mass is 431 g/mol. The van der Waals surface area contributed by atoms with Gasteiger partial charge in [0.05, 0.1) is 23.5 Å². The maximum atomic E-state index is 12.8. The van der Waals surface area contributed by atoms with Crippen LogP contribution in [0.2, 0.25) is 0 Å². The molecule has 2 aliphatic heterocycles. The highest BCUT2D eigenvalue weighted by Crippen LogP contribution is 2.38. The van der Waals surface area contributed by atoms with Crippen LogP contribution in [-0.4, -0.2) is 62.9 Å². The molecule has 4 N–H and O–H groups in total. The molecule has 8 heteroatoms. The molecular weight excluding hydrogens is 394 g/mol. The van der Waals surface area contributed by atoms with E-state index in [0.717, 1.165) is 43.7 Å². The van der Waals surface area contributed by atoms with Crippen molar-refractivity contribution in [3.05, 3.63) is 23.8 Å². The molecule has 2 aliphatic rings. The van der Waals surface area contributed by atoms with E-state index in [1.54, 1.807) is 16.7 Å². The standard InChI is InChI=1S/C23H37N5O3/c1-15(2)31-23(30)27-14-16(3)28(17(4)29)21-6-5-18(11-22(21)27)19(12-24)13-26-20-7-9-25-10-8-20/h5-6,11,15-16,19-20,25-26H,7-10,12-14,24H2,1-4H3/t16-,19?/m0/s1. The number of carbonyl (C=O) groups excluding carboxylic acids is 2. The van der Waals surface area contributed by atoms with Gasteiger partial charge in [0.15, 0.2) is 0 Å². The molecule has 1 saturated heterocycles. The Labute approximate surface area is 185 Å². The van der Waals surface area contributed by atoms with E-state index in [9.17, 15) is 9.59 Å². The summed E-state index contributed by atoms with van der Waals surface area (Å²) < 4.78 is 5.48. The number of fused-ring (bicyclic) bond motifs is 1. The van der Waals surface area contributed by atoms with Crippen LogP contribution in [-0.2, 0) is 9.53 Å². The molecule has 1 fully saturated rings. The Morgan fingerprint density at radius 1 is 1.26 bits per heavy atom. The first-order valence-corrected chi connectivity index (χ1v) is 11.4. The highest BCUT2D eigenvalue weighted by molar-refractivity contribution is 6.02. The lowest BCUT2D eigenvalue weighted by Gasteiger charge is -2.40. The summed E-state index contributed by atoms with van der Waals surface area (Å²) in [5.41, 5.74) is 8.63. The van der Waals surface area contributed by atoms with Crippen LogP contribution in [0.5, 0.6) is 0 Å². The Hall–Kier alpha value is -2.16. The normalized spacial score (nSPS) is 20.5. The molecule has 3 rings (SSSR count). The molecule has 0 radical (unpaired) electrons. The van der Waals surface area contributed by atoms with Gasteiger partial charge in [-0.1, -0.05) is 6.07 Å². The molecule has 172 valence electrons. The first-order valence-electron chi connectivity index (χ1n) is 11.4. The number of anilines is 2. The Morgan fingerprint density at radius 3 is 2.58 bits per heavy atom. The Kier molecular flexibility index (Phi) is 7.91. The summed E-state index contributed by atoms with van der Waals surface area (Å²) in [5.74, 6) is 0.0783. The van der Waals surface area contributed by atoms with Crippen molar-refractivity contribution in [1.29, 1.82) is 0 Å². The predicted octanol–water partition coefficient (Wildman–Crippen LogP) is 2.18. The molecule has 0 bridgehead atoms. The molecular formula is C23H37N5O3. The number of carbonyl (C=O) groups is 2. The van der Waals surface area contributed by atoms with Gasteiger partial charge >= 0.3 is 6.09 Å². The zero-order valence-corrected chi connectivity index (χ0v) is 19.2. The first-order chi connectivity index (χ1) is 14.8. The third-order valence-electron chi connectivity index (χ3n) is 6.08. The number of nitrogens with one attached hydrogen (secondary N) is 2. The number of hydrogen-bond acceptors (Lipinski definition) is 6. The fraction of sp³-hybridized carbons (Fsp3) is 0.652. The fourth-order valence-corrected chi connectivity index (χ4v) is 4.49. The van der Waals surface area contributed by atoms with E-state index in [-0.39, 0.29) is 30.1 Å². The van der Waals surface area contributed by atoms with Gasteiger partial charge in [-0.2, -0.15) is 0 Å². The van der Waals surface area contributed by atoms with Crippen molar-refractivity contribution >= 4 is 23.4 Å². The number of amides is 2. The summed E-state index contributed by atoms with van der Waals surface area (Å²) in [6.45, 7) is 10.9. The molecule has 1 aromatic carbocycles. The maximum Gasteiger partial charge on any atom is 0.414 e. The third-order valence-corrected chi connectivity index (χ3v) is 6.08. The summed E-state index contributed by atoms with van der Waals surface area (Å²) in [5, 5.41) is 7.04. The van der Waals surface area contributed by atoms with Gasteiger partial charge in [-0.05, 0) is 64.4 Å². The average molecular weight is 432 g/mol.